The van der Waals surface area contributed by atoms with Crippen LogP contribution in [0.1, 0.15) is 56.3 Å². The Labute approximate surface area is 244 Å². The Morgan fingerprint density at radius 1 is 1.15 bits per heavy atom. The van der Waals surface area contributed by atoms with Gasteiger partial charge in [0.25, 0.3) is 0 Å². The van der Waals surface area contributed by atoms with E-state index in [0.29, 0.717) is 0 Å². The third-order valence-electron chi connectivity index (χ3n) is 10.6. The van der Waals surface area contributed by atoms with Crippen molar-refractivity contribution in [1.82, 2.24) is 30.0 Å². The molecule has 4 heterocycles. The minimum absolute atomic E-state index is 0.0542. The quantitative estimate of drug-likeness (QED) is 0.504. The number of benzene rings is 1. The fourth-order valence-electron chi connectivity index (χ4n) is 8.76. The Morgan fingerprint density at radius 2 is 1.93 bits per heavy atom. The summed E-state index contributed by atoms with van der Waals surface area (Å²) in [5, 5.41) is 6.65. The van der Waals surface area contributed by atoms with E-state index in [1.54, 1.807) is 6.07 Å². The van der Waals surface area contributed by atoms with Crippen molar-refractivity contribution < 1.29 is 13.9 Å². The van der Waals surface area contributed by atoms with E-state index in [2.05, 4.69) is 42.2 Å². The molecule has 1 amide bonds. The number of aromatic nitrogens is 2. The van der Waals surface area contributed by atoms with Crippen LogP contribution in [0.2, 0.25) is 0 Å². The summed E-state index contributed by atoms with van der Waals surface area (Å²) < 4.78 is 22.3. The Kier molecular flexibility index (Phi) is 8.65. The zero-order valence-electron chi connectivity index (χ0n) is 24.7. The summed E-state index contributed by atoms with van der Waals surface area (Å²) in [6, 6.07) is 7.89. The van der Waals surface area contributed by atoms with Crippen molar-refractivity contribution in [3.05, 3.63) is 53.9 Å². The SMILES string of the molecule is COC(=O)N[C@H]1CCC[C@@H]1C(c1cccc(F)c1)(C1CCN(CC2CN(C3CCNCC3)C2)CC1)n1ccnc1C. The number of ether oxygens (including phenoxy) is 1. The number of nitrogens with one attached hydrogen (secondary N) is 2. The molecule has 1 aliphatic carbocycles. The van der Waals surface area contributed by atoms with Crippen molar-refractivity contribution in [1.29, 1.82) is 0 Å². The van der Waals surface area contributed by atoms with Crippen molar-refractivity contribution >= 4 is 6.09 Å². The Hall–Kier alpha value is -2.49. The maximum Gasteiger partial charge on any atom is 0.407 e. The summed E-state index contributed by atoms with van der Waals surface area (Å²) in [4.78, 5) is 22.5. The number of rotatable bonds is 8. The normalized spacial score (nSPS) is 26.9. The fraction of sp³-hybridized carbons (Fsp3) is 0.688. The highest BCUT2D eigenvalue weighted by atomic mass is 19.1. The van der Waals surface area contributed by atoms with Crippen LogP contribution in [-0.2, 0) is 10.3 Å². The number of likely N-dealkylation sites (tertiary alicyclic amines) is 2. The Morgan fingerprint density at radius 3 is 2.61 bits per heavy atom. The minimum Gasteiger partial charge on any atom is -0.453 e. The van der Waals surface area contributed by atoms with Crippen LogP contribution in [0, 0.1) is 30.5 Å². The summed E-state index contributed by atoms with van der Waals surface area (Å²) in [5.74, 6) is 1.84. The number of carbonyl (C=O) groups excluding carboxylic acids is 1. The van der Waals surface area contributed by atoms with Crippen LogP contribution < -0.4 is 10.6 Å². The monoisotopic (exact) mass is 566 g/mol. The van der Waals surface area contributed by atoms with Gasteiger partial charge in [-0.2, -0.15) is 0 Å². The van der Waals surface area contributed by atoms with Crippen LogP contribution in [0.5, 0.6) is 0 Å². The number of alkyl carbamates (subject to hydrolysis) is 1. The van der Waals surface area contributed by atoms with E-state index in [1.807, 2.05) is 19.2 Å². The molecule has 224 valence electrons. The van der Waals surface area contributed by atoms with E-state index in [9.17, 15) is 9.18 Å². The molecule has 8 nitrogen and oxygen atoms in total. The van der Waals surface area contributed by atoms with Gasteiger partial charge in [-0.05, 0) is 101 Å². The van der Waals surface area contributed by atoms with E-state index in [4.69, 9.17) is 4.74 Å². The molecular weight excluding hydrogens is 519 g/mol. The van der Waals surface area contributed by atoms with Gasteiger partial charge in [0.1, 0.15) is 11.6 Å². The van der Waals surface area contributed by atoms with Gasteiger partial charge in [-0.25, -0.2) is 14.2 Å². The van der Waals surface area contributed by atoms with Gasteiger partial charge in [0.2, 0.25) is 0 Å². The largest absolute Gasteiger partial charge is 0.453 e. The molecule has 0 bridgehead atoms. The highest BCUT2D eigenvalue weighted by molar-refractivity contribution is 5.67. The van der Waals surface area contributed by atoms with E-state index in [0.717, 1.165) is 81.6 Å². The molecule has 1 saturated carbocycles. The molecular formula is C32H47FN6O2. The Bertz CT molecular complexity index is 1170. The van der Waals surface area contributed by atoms with Gasteiger partial charge < -0.3 is 24.8 Å². The summed E-state index contributed by atoms with van der Waals surface area (Å²) >= 11 is 0. The van der Waals surface area contributed by atoms with E-state index >= 15 is 0 Å². The van der Waals surface area contributed by atoms with Crippen LogP contribution in [0.15, 0.2) is 36.7 Å². The number of imidazole rings is 1. The molecule has 0 radical (unpaired) electrons. The molecule has 3 aliphatic heterocycles. The average molecular weight is 567 g/mol. The summed E-state index contributed by atoms with van der Waals surface area (Å²) in [5.41, 5.74) is 0.469. The van der Waals surface area contributed by atoms with Crippen LogP contribution >= 0.6 is 0 Å². The predicted octanol–water partition coefficient (Wildman–Crippen LogP) is 3.99. The number of hydrogen-bond acceptors (Lipinski definition) is 6. The van der Waals surface area contributed by atoms with Gasteiger partial charge in [-0.1, -0.05) is 18.6 Å². The second-order valence-corrected chi connectivity index (χ2v) is 12.8. The van der Waals surface area contributed by atoms with E-state index in [1.165, 1.54) is 45.7 Å². The molecule has 1 aromatic heterocycles. The number of aryl methyl sites for hydroxylation is 1. The number of halogens is 1. The van der Waals surface area contributed by atoms with Crippen molar-refractivity contribution in [3.63, 3.8) is 0 Å². The molecule has 1 aromatic carbocycles. The zero-order chi connectivity index (χ0) is 28.4. The third-order valence-corrected chi connectivity index (χ3v) is 10.6. The number of hydrogen-bond donors (Lipinski definition) is 2. The van der Waals surface area contributed by atoms with Crippen molar-refractivity contribution in [2.75, 3.05) is 52.9 Å². The van der Waals surface area contributed by atoms with Gasteiger partial charge in [0.05, 0.1) is 12.6 Å². The van der Waals surface area contributed by atoms with Gasteiger partial charge >= 0.3 is 6.09 Å². The maximum atomic E-state index is 14.9. The van der Waals surface area contributed by atoms with Crippen LogP contribution in [0.4, 0.5) is 9.18 Å². The van der Waals surface area contributed by atoms with Crippen LogP contribution in [-0.4, -0.2) is 90.5 Å². The first-order chi connectivity index (χ1) is 20.0. The molecule has 3 saturated heterocycles. The smallest absolute Gasteiger partial charge is 0.407 e. The highest BCUT2D eigenvalue weighted by Gasteiger charge is 2.54. The van der Waals surface area contributed by atoms with Crippen LogP contribution in [0.3, 0.4) is 0 Å². The number of carbonyl (C=O) groups is 1. The van der Waals surface area contributed by atoms with Crippen LogP contribution in [0.25, 0.3) is 0 Å². The van der Waals surface area contributed by atoms with Gasteiger partial charge in [0, 0.05) is 50.0 Å². The maximum absolute atomic E-state index is 14.9. The number of methoxy groups -OCH3 is 1. The van der Waals surface area contributed by atoms with E-state index < -0.39 is 11.6 Å². The van der Waals surface area contributed by atoms with Crippen molar-refractivity contribution in [2.45, 2.75) is 69.5 Å². The second-order valence-electron chi connectivity index (χ2n) is 12.8. The molecule has 4 fully saturated rings. The summed E-state index contributed by atoms with van der Waals surface area (Å²) in [6.45, 7) is 10.1. The number of nitrogens with zero attached hydrogens (tertiary/aromatic N) is 4. The Balaban J connectivity index is 1.24. The highest BCUT2D eigenvalue weighted by Crippen LogP contribution is 2.52. The summed E-state index contributed by atoms with van der Waals surface area (Å²) in [7, 11) is 1.42. The first kappa shape index (κ1) is 28.6. The lowest BCUT2D eigenvalue weighted by Crippen LogP contribution is -2.59. The van der Waals surface area contributed by atoms with Gasteiger partial charge in [-0.15, -0.1) is 0 Å². The molecule has 1 unspecified atom stereocenters. The number of piperidine rings is 2. The third kappa shape index (κ3) is 5.65. The lowest BCUT2D eigenvalue weighted by molar-refractivity contribution is 0.00191. The van der Waals surface area contributed by atoms with Crippen molar-refractivity contribution in [2.24, 2.45) is 17.8 Å². The first-order valence-electron chi connectivity index (χ1n) is 15.8. The topological polar surface area (TPSA) is 74.7 Å². The molecule has 41 heavy (non-hydrogen) atoms. The molecule has 9 heteroatoms. The average Bonchev–Trinajstić information content (AvgIpc) is 3.62. The zero-order valence-corrected chi connectivity index (χ0v) is 24.7. The molecule has 3 atom stereocenters. The first-order valence-corrected chi connectivity index (χ1v) is 15.8. The van der Waals surface area contributed by atoms with Gasteiger partial charge in [0.15, 0.2) is 0 Å². The minimum atomic E-state index is -0.515. The molecule has 4 aliphatic rings. The standard InChI is InChI=1S/C32H47FN6O2/c1-23-35-15-18-39(23)32(26-5-3-6-27(33)19-26,29-7-4-8-30(29)36-31(40)41-2)25-11-16-37(17-12-25)20-24-21-38(22-24)28-9-13-34-14-10-28/h3,5-6,15,18-19,24-25,28-30,34H,4,7-14,16-17,20-22H2,1-2H3,(H,36,40)/t29-,30-,32?/m0/s1. The molecule has 2 N–H and O–H groups in total. The molecule has 2 aromatic rings. The fourth-order valence-corrected chi connectivity index (χ4v) is 8.76. The van der Waals surface area contributed by atoms with Gasteiger partial charge in [-0.3, -0.25) is 4.90 Å². The predicted molar refractivity (Wildman–Crippen MR) is 157 cm³/mol. The van der Waals surface area contributed by atoms with Crippen molar-refractivity contribution in [3.8, 4) is 0 Å². The second kappa shape index (κ2) is 12.4. The molecule has 0 spiro atoms. The van der Waals surface area contributed by atoms with E-state index in [-0.39, 0.29) is 23.7 Å². The number of amides is 1. The lowest BCUT2D eigenvalue weighted by atomic mass is 9.64. The molecule has 6 rings (SSSR count). The lowest BCUT2D eigenvalue weighted by Gasteiger charge is -2.52. The summed E-state index contributed by atoms with van der Waals surface area (Å²) in [6.07, 6.45) is 11.0.